The van der Waals surface area contributed by atoms with Gasteiger partial charge >= 0.3 is 7.12 Å². The second-order valence-corrected chi connectivity index (χ2v) is 10.8. The van der Waals surface area contributed by atoms with Gasteiger partial charge < -0.3 is 9.31 Å². The Morgan fingerprint density at radius 1 is 1.21 bits per heavy atom. The number of amides is 1. The largest absolute Gasteiger partial charge is 0.495 e. The summed E-state index contributed by atoms with van der Waals surface area (Å²) in [6.45, 7) is 12.1. The molecule has 3 aromatic rings. The Morgan fingerprint density at radius 3 is 2.61 bits per heavy atom. The van der Waals surface area contributed by atoms with Crippen LogP contribution in [0.5, 0.6) is 0 Å². The van der Waals surface area contributed by atoms with E-state index in [0.29, 0.717) is 17.1 Å². The van der Waals surface area contributed by atoms with Crippen molar-refractivity contribution >= 4 is 45.7 Å². The monoisotopic (exact) mass is 461 g/mol. The molecular weight excluding hydrogens is 433 g/mol. The Labute approximate surface area is 199 Å². The van der Waals surface area contributed by atoms with Gasteiger partial charge in [0.1, 0.15) is 11.8 Å². The van der Waals surface area contributed by atoms with E-state index in [2.05, 4.69) is 50.9 Å². The SMILES string of the molecule is COB1OC(C)(C)N(c2ccc3nc(C#N)sc3c2)C(=O)CC(C)(C)c2c(C)cc(C)cc21. The van der Waals surface area contributed by atoms with Crippen molar-refractivity contribution in [3.05, 3.63) is 52.0 Å². The van der Waals surface area contributed by atoms with Crippen molar-refractivity contribution in [2.45, 2.75) is 59.1 Å². The minimum absolute atomic E-state index is 0.0444. The smallest absolute Gasteiger partial charge is 0.410 e. The number of nitrogens with zero attached hydrogens (tertiary/aromatic N) is 3. The molecule has 2 aromatic carbocycles. The zero-order valence-electron chi connectivity index (χ0n) is 20.1. The summed E-state index contributed by atoms with van der Waals surface area (Å²) >= 11 is 1.31. The summed E-state index contributed by atoms with van der Waals surface area (Å²) in [5.74, 6) is -0.0444. The average molecular weight is 461 g/mol. The number of carbonyl (C=O) groups is 1. The van der Waals surface area contributed by atoms with Crippen molar-refractivity contribution in [2.75, 3.05) is 12.0 Å². The summed E-state index contributed by atoms with van der Waals surface area (Å²) in [7, 11) is 0.991. The minimum atomic E-state index is -0.997. The van der Waals surface area contributed by atoms with Crippen LogP contribution in [0.1, 0.15) is 55.8 Å². The van der Waals surface area contributed by atoms with Gasteiger partial charge in [-0.25, -0.2) is 4.98 Å². The van der Waals surface area contributed by atoms with Crippen LogP contribution in [-0.4, -0.2) is 30.8 Å². The Hall–Kier alpha value is -2.73. The molecule has 2 heterocycles. The molecule has 0 saturated carbocycles. The molecular formula is C25H28BN3O3S. The molecule has 0 fully saturated rings. The summed E-state index contributed by atoms with van der Waals surface area (Å²) in [6.07, 6.45) is 0.303. The standard InChI is InChI=1S/C25H28BN3O3S/c1-15-10-16(2)23-18(11-15)26(31-7)32-25(5,6)29(22(30)13-24(23,3)4)17-8-9-19-20(12-17)33-21(14-27)28-19/h8-12H,13H2,1-7H3. The first-order valence-electron chi connectivity index (χ1n) is 10.9. The van der Waals surface area contributed by atoms with Gasteiger partial charge in [0.15, 0.2) is 5.01 Å². The highest BCUT2D eigenvalue weighted by atomic mass is 32.1. The van der Waals surface area contributed by atoms with Gasteiger partial charge in [0.2, 0.25) is 5.91 Å². The van der Waals surface area contributed by atoms with Crippen LogP contribution in [0.4, 0.5) is 5.69 Å². The molecule has 1 aliphatic rings. The maximum atomic E-state index is 13.9. The van der Waals surface area contributed by atoms with Crippen molar-refractivity contribution in [2.24, 2.45) is 0 Å². The number of nitriles is 1. The molecule has 0 aliphatic carbocycles. The van der Waals surface area contributed by atoms with Gasteiger partial charge in [-0.2, -0.15) is 5.26 Å². The lowest BCUT2D eigenvalue weighted by molar-refractivity contribution is -0.122. The second kappa shape index (κ2) is 8.25. The summed E-state index contributed by atoms with van der Waals surface area (Å²) in [5, 5.41) is 9.62. The first kappa shape index (κ1) is 23.4. The number of anilines is 1. The van der Waals surface area contributed by atoms with Crippen LogP contribution < -0.4 is 10.4 Å². The molecule has 1 amide bonds. The first-order chi connectivity index (χ1) is 15.5. The van der Waals surface area contributed by atoms with Gasteiger partial charge in [-0.1, -0.05) is 31.5 Å². The molecule has 0 N–H and O–H groups in total. The van der Waals surface area contributed by atoms with Crippen molar-refractivity contribution < 1.29 is 14.1 Å². The molecule has 0 radical (unpaired) electrons. The topological polar surface area (TPSA) is 75.5 Å². The lowest BCUT2D eigenvalue weighted by atomic mass is 9.66. The maximum Gasteiger partial charge on any atom is 0.495 e. The van der Waals surface area contributed by atoms with E-state index in [0.717, 1.165) is 32.4 Å². The van der Waals surface area contributed by atoms with Crippen molar-refractivity contribution in [3.8, 4) is 6.07 Å². The number of rotatable bonds is 2. The predicted octanol–water partition coefficient (Wildman–Crippen LogP) is 4.59. The molecule has 0 bridgehead atoms. The normalized spacial score (nSPS) is 17.8. The molecule has 8 heteroatoms. The highest BCUT2D eigenvalue weighted by molar-refractivity contribution is 7.19. The van der Waals surface area contributed by atoms with Crippen LogP contribution >= 0.6 is 11.3 Å². The highest BCUT2D eigenvalue weighted by Crippen LogP contribution is 2.37. The summed E-state index contributed by atoms with van der Waals surface area (Å²) in [5.41, 5.74) is 4.29. The van der Waals surface area contributed by atoms with Crippen LogP contribution in [-0.2, 0) is 19.5 Å². The number of aromatic nitrogens is 1. The number of benzene rings is 2. The predicted molar refractivity (Wildman–Crippen MR) is 133 cm³/mol. The number of hydrogen-bond acceptors (Lipinski definition) is 6. The Balaban J connectivity index is 1.89. The van der Waals surface area contributed by atoms with E-state index in [-0.39, 0.29) is 5.91 Å². The Kier molecular flexibility index (Phi) is 5.86. The van der Waals surface area contributed by atoms with Gasteiger partial charge in [0.25, 0.3) is 0 Å². The van der Waals surface area contributed by atoms with E-state index in [1.54, 1.807) is 12.0 Å². The van der Waals surface area contributed by atoms with Gasteiger partial charge in [-0.3, -0.25) is 9.69 Å². The van der Waals surface area contributed by atoms with Gasteiger partial charge in [0, 0.05) is 19.2 Å². The molecule has 170 valence electrons. The molecule has 0 atom stereocenters. The Morgan fingerprint density at radius 2 is 1.94 bits per heavy atom. The summed E-state index contributed by atoms with van der Waals surface area (Å²) < 4.78 is 13.2. The van der Waals surface area contributed by atoms with E-state index in [1.165, 1.54) is 11.3 Å². The van der Waals surface area contributed by atoms with Gasteiger partial charge in [-0.15, -0.1) is 11.3 Å². The van der Waals surface area contributed by atoms with Crippen LogP contribution in [0.25, 0.3) is 10.2 Å². The van der Waals surface area contributed by atoms with E-state index < -0.39 is 18.3 Å². The van der Waals surface area contributed by atoms with Crippen LogP contribution in [0.3, 0.4) is 0 Å². The average Bonchev–Trinajstić information content (AvgIpc) is 3.13. The summed E-state index contributed by atoms with van der Waals surface area (Å²) in [4.78, 5) is 19.9. The molecule has 4 rings (SSSR count). The van der Waals surface area contributed by atoms with Gasteiger partial charge in [0.05, 0.1) is 10.2 Å². The van der Waals surface area contributed by atoms with E-state index in [1.807, 2.05) is 32.0 Å². The number of hydrogen-bond donors (Lipinski definition) is 0. The molecule has 0 spiro atoms. The first-order valence-corrected chi connectivity index (χ1v) is 11.7. The number of carbonyl (C=O) groups excluding carboxylic acids is 1. The van der Waals surface area contributed by atoms with E-state index in [9.17, 15) is 10.1 Å². The fraction of sp³-hybridized carbons (Fsp3) is 0.400. The maximum absolute atomic E-state index is 13.9. The lowest BCUT2D eigenvalue weighted by Gasteiger charge is -2.40. The molecule has 33 heavy (non-hydrogen) atoms. The fourth-order valence-electron chi connectivity index (χ4n) is 5.06. The zero-order valence-corrected chi connectivity index (χ0v) is 21.0. The second-order valence-electron chi connectivity index (χ2n) is 9.75. The molecule has 1 aliphatic heterocycles. The van der Waals surface area contributed by atoms with Crippen LogP contribution in [0.15, 0.2) is 30.3 Å². The third-order valence-electron chi connectivity index (χ3n) is 6.16. The Bertz CT molecular complexity index is 1290. The van der Waals surface area contributed by atoms with Crippen LogP contribution in [0, 0.1) is 25.2 Å². The van der Waals surface area contributed by atoms with Crippen molar-refractivity contribution in [1.29, 1.82) is 5.26 Å². The lowest BCUT2D eigenvalue weighted by Crippen LogP contribution is -2.54. The molecule has 6 nitrogen and oxygen atoms in total. The highest BCUT2D eigenvalue weighted by Gasteiger charge is 2.44. The molecule has 0 saturated heterocycles. The number of thiazole rings is 1. The fourth-order valence-corrected chi connectivity index (χ4v) is 5.86. The van der Waals surface area contributed by atoms with E-state index >= 15 is 0 Å². The van der Waals surface area contributed by atoms with Crippen molar-refractivity contribution in [3.63, 3.8) is 0 Å². The minimum Gasteiger partial charge on any atom is -0.410 e. The van der Waals surface area contributed by atoms with Crippen molar-refractivity contribution in [1.82, 2.24) is 4.98 Å². The summed E-state index contributed by atoms with van der Waals surface area (Å²) in [6, 6.07) is 12.0. The third-order valence-corrected chi connectivity index (χ3v) is 7.08. The number of fused-ring (bicyclic) bond motifs is 2. The third kappa shape index (κ3) is 4.17. The molecule has 1 aromatic heterocycles. The zero-order chi connectivity index (χ0) is 24.1. The van der Waals surface area contributed by atoms with Crippen LogP contribution in [0.2, 0.25) is 0 Å². The number of aryl methyl sites for hydroxylation is 2. The quantitative estimate of drug-likeness (QED) is 0.522. The van der Waals surface area contributed by atoms with E-state index in [4.69, 9.17) is 9.31 Å². The van der Waals surface area contributed by atoms with Gasteiger partial charge in [-0.05, 0) is 67.9 Å². The molecule has 0 unspecified atom stereocenters.